The number of hydrogen-bond donors (Lipinski definition) is 2. The Balaban J connectivity index is 1.65. The lowest BCUT2D eigenvalue weighted by Crippen LogP contribution is -2.24. The van der Waals surface area contributed by atoms with Gasteiger partial charge >= 0.3 is 5.97 Å². The summed E-state index contributed by atoms with van der Waals surface area (Å²) in [5.41, 5.74) is 1.85. The molecule has 2 aromatic carbocycles. The zero-order valence-electron chi connectivity index (χ0n) is 17.3. The highest BCUT2D eigenvalue weighted by Crippen LogP contribution is 2.20. The van der Waals surface area contributed by atoms with E-state index in [9.17, 15) is 18.0 Å². The molecular weight excluding hydrogens is 456 g/mol. The van der Waals surface area contributed by atoms with Crippen LogP contribution in [0.1, 0.15) is 27.2 Å². The van der Waals surface area contributed by atoms with E-state index in [1.54, 1.807) is 44.2 Å². The lowest BCUT2D eigenvalue weighted by molar-refractivity contribution is -0.119. The van der Waals surface area contributed by atoms with Gasteiger partial charge in [0.2, 0.25) is 10.0 Å². The summed E-state index contributed by atoms with van der Waals surface area (Å²) in [7, 11) is -3.90. The Labute approximate surface area is 190 Å². The second-order valence-corrected chi connectivity index (χ2v) is 9.17. The van der Waals surface area contributed by atoms with Crippen LogP contribution in [-0.4, -0.2) is 26.9 Å². The van der Waals surface area contributed by atoms with Crippen LogP contribution in [0.3, 0.4) is 0 Å². The van der Waals surface area contributed by atoms with Gasteiger partial charge < -0.3 is 14.5 Å². The topological polar surface area (TPSA) is 115 Å². The SMILES string of the molecule is Cc1cc(Cl)ccc1NC(=O)COC(=O)c1cc(S(=O)(=O)NCc2ccco2)ccc1C. The summed E-state index contributed by atoms with van der Waals surface area (Å²) in [6.07, 6.45) is 1.44. The van der Waals surface area contributed by atoms with E-state index in [0.29, 0.717) is 22.0 Å². The number of sulfonamides is 1. The first-order chi connectivity index (χ1) is 15.2. The van der Waals surface area contributed by atoms with Crippen molar-refractivity contribution < 1.29 is 27.2 Å². The van der Waals surface area contributed by atoms with Crippen molar-refractivity contribution in [2.45, 2.75) is 25.3 Å². The molecule has 32 heavy (non-hydrogen) atoms. The maximum absolute atomic E-state index is 12.6. The lowest BCUT2D eigenvalue weighted by atomic mass is 10.1. The summed E-state index contributed by atoms with van der Waals surface area (Å²) < 4.78 is 37.7. The standard InChI is InChI=1S/C22H21ClN2O6S/c1-14-5-7-18(32(28,29)24-12-17-4-3-9-30-17)11-19(14)22(27)31-13-21(26)25-20-8-6-16(23)10-15(20)2/h3-11,24H,12-13H2,1-2H3,(H,25,26). The molecule has 0 bridgehead atoms. The number of carbonyl (C=O) groups is 2. The third kappa shape index (κ3) is 5.97. The molecule has 8 nitrogen and oxygen atoms in total. The molecular formula is C22H21ClN2O6S. The summed E-state index contributed by atoms with van der Waals surface area (Å²) in [4.78, 5) is 24.6. The van der Waals surface area contributed by atoms with E-state index < -0.39 is 28.5 Å². The van der Waals surface area contributed by atoms with Crippen molar-refractivity contribution in [3.8, 4) is 0 Å². The zero-order chi connectivity index (χ0) is 23.3. The third-order valence-electron chi connectivity index (χ3n) is 4.55. The van der Waals surface area contributed by atoms with E-state index in [-0.39, 0.29) is 17.0 Å². The van der Waals surface area contributed by atoms with Crippen molar-refractivity contribution in [1.29, 1.82) is 0 Å². The molecule has 0 unspecified atom stereocenters. The highest BCUT2D eigenvalue weighted by atomic mass is 35.5. The van der Waals surface area contributed by atoms with Crippen LogP contribution in [0.4, 0.5) is 5.69 Å². The molecule has 0 saturated heterocycles. The molecule has 2 N–H and O–H groups in total. The number of halogens is 1. The Kier molecular flexibility index (Phi) is 7.34. The fraction of sp³-hybridized carbons (Fsp3) is 0.182. The molecule has 3 rings (SSSR count). The van der Waals surface area contributed by atoms with Crippen LogP contribution < -0.4 is 10.0 Å². The third-order valence-corrected chi connectivity index (χ3v) is 6.19. The van der Waals surface area contributed by atoms with Crippen molar-refractivity contribution in [2.75, 3.05) is 11.9 Å². The molecule has 1 aromatic heterocycles. The molecule has 1 heterocycles. The van der Waals surface area contributed by atoms with Gasteiger partial charge in [0, 0.05) is 10.7 Å². The minimum atomic E-state index is -3.90. The van der Waals surface area contributed by atoms with Gasteiger partial charge in [0.05, 0.1) is 23.3 Å². The number of furan rings is 1. The Morgan fingerprint density at radius 3 is 2.53 bits per heavy atom. The highest BCUT2D eigenvalue weighted by Gasteiger charge is 2.20. The number of carbonyl (C=O) groups excluding carboxylic acids is 2. The van der Waals surface area contributed by atoms with Gasteiger partial charge in [0.1, 0.15) is 5.76 Å². The van der Waals surface area contributed by atoms with E-state index in [1.165, 1.54) is 24.5 Å². The molecule has 1 amide bonds. The molecule has 0 spiro atoms. The molecule has 0 saturated carbocycles. The smallest absolute Gasteiger partial charge is 0.338 e. The van der Waals surface area contributed by atoms with E-state index in [1.807, 2.05) is 0 Å². The largest absolute Gasteiger partial charge is 0.468 e. The molecule has 0 radical (unpaired) electrons. The number of rotatable bonds is 8. The highest BCUT2D eigenvalue weighted by molar-refractivity contribution is 7.89. The van der Waals surface area contributed by atoms with Crippen LogP contribution in [0, 0.1) is 13.8 Å². The summed E-state index contributed by atoms with van der Waals surface area (Å²) in [5.74, 6) is -0.902. The molecule has 0 aliphatic heterocycles. The molecule has 3 aromatic rings. The van der Waals surface area contributed by atoms with Crippen molar-refractivity contribution >= 4 is 39.2 Å². The van der Waals surface area contributed by atoms with E-state index in [4.69, 9.17) is 20.8 Å². The number of amides is 1. The minimum absolute atomic E-state index is 0.0344. The zero-order valence-corrected chi connectivity index (χ0v) is 18.9. The molecule has 0 atom stereocenters. The van der Waals surface area contributed by atoms with Crippen LogP contribution >= 0.6 is 11.6 Å². The molecule has 168 valence electrons. The normalized spacial score (nSPS) is 11.2. The number of hydrogen-bond acceptors (Lipinski definition) is 6. The number of aryl methyl sites for hydroxylation is 2. The van der Waals surface area contributed by atoms with Crippen molar-refractivity contribution in [2.24, 2.45) is 0 Å². The second-order valence-electron chi connectivity index (χ2n) is 6.96. The van der Waals surface area contributed by atoms with Gasteiger partial charge in [-0.3, -0.25) is 4.79 Å². The van der Waals surface area contributed by atoms with Crippen molar-refractivity contribution in [3.05, 3.63) is 82.3 Å². The van der Waals surface area contributed by atoms with Crippen LogP contribution in [0.5, 0.6) is 0 Å². The first-order valence-electron chi connectivity index (χ1n) is 9.51. The Morgan fingerprint density at radius 1 is 1.06 bits per heavy atom. The molecule has 0 fully saturated rings. The van der Waals surface area contributed by atoms with Gasteiger partial charge in [-0.2, -0.15) is 0 Å². The average Bonchev–Trinajstić information content (AvgIpc) is 3.27. The number of anilines is 1. The predicted octanol–water partition coefficient (Wildman–Crippen LogP) is 3.82. The lowest BCUT2D eigenvalue weighted by Gasteiger charge is -2.11. The maximum atomic E-state index is 12.6. The first kappa shape index (κ1) is 23.5. The van der Waals surface area contributed by atoms with Crippen molar-refractivity contribution in [1.82, 2.24) is 4.72 Å². The summed E-state index contributed by atoms with van der Waals surface area (Å²) >= 11 is 5.90. The summed E-state index contributed by atoms with van der Waals surface area (Å²) in [6.45, 7) is 2.85. The molecule has 0 aliphatic rings. The van der Waals surface area contributed by atoms with Crippen molar-refractivity contribution in [3.63, 3.8) is 0 Å². The Hall–Kier alpha value is -3.14. The number of nitrogens with one attached hydrogen (secondary N) is 2. The maximum Gasteiger partial charge on any atom is 0.338 e. The predicted molar refractivity (Wildman–Crippen MR) is 119 cm³/mol. The summed E-state index contributed by atoms with van der Waals surface area (Å²) in [6, 6.07) is 12.3. The molecule has 0 aliphatic carbocycles. The quantitative estimate of drug-likeness (QED) is 0.477. The van der Waals surface area contributed by atoms with Crippen LogP contribution in [-0.2, 0) is 26.1 Å². The van der Waals surface area contributed by atoms with Gasteiger partial charge in [-0.25, -0.2) is 17.9 Å². The second kappa shape index (κ2) is 9.99. The van der Waals surface area contributed by atoms with Gasteiger partial charge in [-0.1, -0.05) is 17.7 Å². The van der Waals surface area contributed by atoms with Gasteiger partial charge in [0.25, 0.3) is 5.91 Å². The average molecular weight is 477 g/mol. The fourth-order valence-electron chi connectivity index (χ4n) is 2.81. The monoisotopic (exact) mass is 476 g/mol. The van der Waals surface area contributed by atoms with Crippen LogP contribution in [0.25, 0.3) is 0 Å². The van der Waals surface area contributed by atoms with Gasteiger partial charge in [-0.15, -0.1) is 0 Å². The minimum Gasteiger partial charge on any atom is -0.468 e. The first-order valence-corrected chi connectivity index (χ1v) is 11.4. The van der Waals surface area contributed by atoms with Gasteiger partial charge in [0.15, 0.2) is 6.61 Å². The Bertz CT molecular complexity index is 1240. The number of benzene rings is 2. The summed E-state index contributed by atoms with van der Waals surface area (Å²) in [5, 5.41) is 3.17. The van der Waals surface area contributed by atoms with E-state index in [2.05, 4.69) is 10.0 Å². The van der Waals surface area contributed by atoms with Crippen LogP contribution in [0.2, 0.25) is 5.02 Å². The number of esters is 1. The number of ether oxygens (including phenoxy) is 1. The molecule has 10 heteroatoms. The van der Waals surface area contributed by atoms with E-state index >= 15 is 0 Å². The van der Waals surface area contributed by atoms with E-state index in [0.717, 1.165) is 5.56 Å². The van der Waals surface area contributed by atoms with Gasteiger partial charge in [-0.05, 0) is 67.4 Å². The van der Waals surface area contributed by atoms with Crippen LogP contribution in [0.15, 0.2) is 64.1 Å². The Morgan fingerprint density at radius 2 is 1.84 bits per heavy atom. The fourth-order valence-corrected chi connectivity index (χ4v) is 4.06.